The van der Waals surface area contributed by atoms with Crippen LogP contribution >= 0.6 is 0 Å². The predicted molar refractivity (Wildman–Crippen MR) is 108 cm³/mol. The van der Waals surface area contributed by atoms with Crippen molar-refractivity contribution < 1.29 is 45.4 Å². The summed E-state index contributed by atoms with van der Waals surface area (Å²) in [5.74, 6) is -3.22. The van der Waals surface area contributed by atoms with Crippen molar-refractivity contribution in [2.24, 2.45) is 0 Å². The van der Waals surface area contributed by atoms with Gasteiger partial charge in [0.25, 0.3) is 15.9 Å². The molecule has 0 radical (unpaired) electrons. The molecule has 3 N–H and O–H groups in total. The number of aliphatic hydroxyl groups is 1. The number of halogens is 4. The van der Waals surface area contributed by atoms with Crippen LogP contribution in [-0.4, -0.2) is 44.2 Å². The van der Waals surface area contributed by atoms with E-state index in [0.29, 0.717) is 12.1 Å². The molecule has 2 atom stereocenters. The Morgan fingerprint density at radius 2 is 1.73 bits per heavy atom. The van der Waals surface area contributed by atoms with Crippen LogP contribution in [0.2, 0.25) is 0 Å². The number of rotatable bonds is 8. The van der Waals surface area contributed by atoms with Gasteiger partial charge in [-0.1, -0.05) is 0 Å². The highest BCUT2D eigenvalue weighted by Crippen LogP contribution is 2.33. The van der Waals surface area contributed by atoms with Gasteiger partial charge in [0.15, 0.2) is 6.04 Å². The summed E-state index contributed by atoms with van der Waals surface area (Å²) in [6.07, 6.45) is -6.29. The monoisotopic (exact) mass is 492 g/mol. The van der Waals surface area contributed by atoms with E-state index in [4.69, 9.17) is 4.74 Å². The lowest BCUT2D eigenvalue weighted by molar-refractivity contribution is -0.148. The fraction of sp³-hybridized carbons (Fsp3) is 0.300. The Bertz CT molecular complexity index is 1120. The first-order valence-corrected chi connectivity index (χ1v) is 10.9. The standard InChI is InChI=1S/C20H20F4N2O6S/c1-3-32-19(29)17(11(2)27)25-18(28)12-4-7-14(8-5-12)33(30,31)26-13-6-9-16(21)15(10-13)20(22,23)24/h4-11,17,26-27H,3H2,1-2H3,(H,25,28). The van der Waals surface area contributed by atoms with Gasteiger partial charge < -0.3 is 15.2 Å². The van der Waals surface area contributed by atoms with Gasteiger partial charge in [-0.3, -0.25) is 9.52 Å². The highest BCUT2D eigenvalue weighted by atomic mass is 32.2. The maximum Gasteiger partial charge on any atom is 0.419 e. The van der Waals surface area contributed by atoms with Crippen molar-refractivity contribution in [1.29, 1.82) is 0 Å². The number of aliphatic hydroxyl groups excluding tert-OH is 1. The Labute approximate surface area is 186 Å². The largest absolute Gasteiger partial charge is 0.464 e. The minimum atomic E-state index is -5.02. The molecule has 0 aliphatic heterocycles. The Hall–Kier alpha value is -3.19. The second kappa shape index (κ2) is 10.2. The van der Waals surface area contributed by atoms with Gasteiger partial charge in [-0.05, 0) is 56.3 Å². The Morgan fingerprint density at radius 1 is 1.12 bits per heavy atom. The normalized spacial score (nSPS) is 13.7. The molecule has 0 aliphatic rings. The fourth-order valence-corrected chi connectivity index (χ4v) is 3.69. The summed E-state index contributed by atoms with van der Waals surface area (Å²) in [5, 5.41) is 12.0. The van der Waals surface area contributed by atoms with Gasteiger partial charge in [0.1, 0.15) is 5.82 Å². The number of ether oxygens (including phenoxy) is 1. The molecule has 180 valence electrons. The van der Waals surface area contributed by atoms with Crippen LogP contribution in [0.15, 0.2) is 47.4 Å². The van der Waals surface area contributed by atoms with Crippen molar-refractivity contribution in [2.75, 3.05) is 11.3 Å². The van der Waals surface area contributed by atoms with Gasteiger partial charge in [0, 0.05) is 11.3 Å². The first-order chi connectivity index (χ1) is 15.3. The molecule has 0 aliphatic carbocycles. The molecule has 2 aromatic carbocycles. The average molecular weight is 492 g/mol. The molecule has 33 heavy (non-hydrogen) atoms. The smallest absolute Gasteiger partial charge is 0.419 e. The molecular weight excluding hydrogens is 472 g/mol. The van der Waals surface area contributed by atoms with E-state index in [1.807, 2.05) is 4.72 Å². The number of esters is 1. The van der Waals surface area contributed by atoms with Crippen molar-refractivity contribution in [1.82, 2.24) is 5.32 Å². The van der Waals surface area contributed by atoms with Gasteiger partial charge in [0.2, 0.25) is 0 Å². The van der Waals surface area contributed by atoms with Crippen molar-refractivity contribution in [3.63, 3.8) is 0 Å². The third kappa shape index (κ3) is 6.65. The third-order valence-electron chi connectivity index (χ3n) is 4.26. The highest BCUT2D eigenvalue weighted by Gasteiger charge is 2.34. The molecule has 0 bridgehead atoms. The van der Waals surface area contributed by atoms with Crippen LogP contribution < -0.4 is 10.0 Å². The lowest BCUT2D eigenvalue weighted by atomic mass is 10.1. The number of hydrogen-bond acceptors (Lipinski definition) is 6. The summed E-state index contributed by atoms with van der Waals surface area (Å²) in [7, 11) is -4.37. The molecule has 0 spiro atoms. The summed E-state index contributed by atoms with van der Waals surface area (Å²) >= 11 is 0. The van der Waals surface area contributed by atoms with Crippen LogP contribution in [0.1, 0.15) is 29.8 Å². The quantitative estimate of drug-likeness (QED) is 0.385. The second-order valence-electron chi connectivity index (χ2n) is 6.77. The number of nitrogens with one attached hydrogen (secondary N) is 2. The van der Waals surface area contributed by atoms with Crippen molar-refractivity contribution in [3.8, 4) is 0 Å². The van der Waals surface area contributed by atoms with Gasteiger partial charge in [-0.25, -0.2) is 17.6 Å². The molecule has 13 heteroatoms. The zero-order valence-corrected chi connectivity index (χ0v) is 18.1. The van der Waals surface area contributed by atoms with Crippen molar-refractivity contribution in [3.05, 3.63) is 59.4 Å². The van der Waals surface area contributed by atoms with Crippen LogP contribution in [0.4, 0.5) is 23.2 Å². The van der Waals surface area contributed by atoms with Crippen LogP contribution in [-0.2, 0) is 25.7 Å². The number of carbonyl (C=O) groups is 2. The summed E-state index contributed by atoms with van der Waals surface area (Å²) < 4.78 is 83.5. The van der Waals surface area contributed by atoms with Crippen molar-refractivity contribution >= 4 is 27.6 Å². The molecule has 8 nitrogen and oxygen atoms in total. The second-order valence-corrected chi connectivity index (χ2v) is 8.45. The Kier molecular flexibility index (Phi) is 8.03. The van der Waals surface area contributed by atoms with Crippen LogP contribution in [0.5, 0.6) is 0 Å². The number of alkyl halides is 3. The van der Waals surface area contributed by atoms with Gasteiger partial charge in [-0.15, -0.1) is 0 Å². The maximum absolute atomic E-state index is 13.4. The van der Waals surface area contributed by atoms with E-state index >= 15 is 0 Å². The number of amides is 1. The highest BCUT2D eigenvalue weighted by molar-refractivity contribution is 7.92. The summed E-state index contributed by atoms with van der Waals surface area (Å²) in [6, 6.07) is 4.48. The lowest BCUT2D eigenvalue weighted by Gasteiger charge is -2.19. The SMILES string of the molecule is CCOC(=O)C(NC(=O)c1ccc(S(=O)(=O)Nc2ccc(F)c(C(F)(F)F)c2)cc1)C(C)O. The zero-order valence-electron chi connectivity index (χ0n) is 17.3. The summed E-state index contributed by atoms with van der Waals surface area (Å²) in [4.78, 5) is 23.8. The molecule has 0 saturated carbocycles. The zero-order chi connectivity index (χ0) is 25.0. The van der Waals surface area contributed by atoms with E-state index in [9.17, 15) is 40.7 Å². The Balaban J connectivity index is 2.20. The van der Waals surface area contributed by atoms with Gasteiger partial charge in [-0.2, -0.15) is 13.2 Å². The lowest BCUT2D eigenvalue weighted by Crippen LogP contribution is -2.48. The topological polar surface area (TPSA) is 122 Å². The molecule has 0 heterocycles. The van der Waals surface area contributed by atoms with Crippen LogP contribution in [0.3, 0.4) is 0 Å². The molecule has 2 aromatic rings. The minimum absolute atomic E-state index is 0.0238. The van der Waals surface area contributed by atoms with E-state index in [1.165, 1.54) is 6.92 Å². The van der Waals surface area contributed by atoms with E-state index in [2.05, 4.69) is 5.32 Å². The third-order valence-corrected chi connectivity index (χ3v) is 5.66. The molecule has 0 fully saturated rings. The van der Waals surface area contributed by atoms with E-state index in [0.717, 1.165) is 30.3 Å². The molecule has 0 aromatic heterocycles. The summed E-state index contributed by atoms with van der Waals surface area (Å²) in [5.41, 5.74) is -2.21. The molecule has 0 saturated heterocycles. The molecular formula is C20H20F4N2O6S. The van der Waals surface area contributed by atoms with E-state index < -0.39 is 62.2 Å². The number of sulfonamides is 1. The number of carbonyl (C=O) groups excluding carboxylic acids is 2. The van der Waals surface area contributed by atoms with Crippen molar-refractivity contribution in [2.45, 2.75) is 37.1 Å². The molecule has 2 unspecified atom stereocenters. The summed E-state index contributed by atoms with van der Waals surface area (Å²) in [6.45, 7) is 2.83. The minimum Gasteiger partial charge on any atom is -0.464 e. The average Bonchev–Trinajstić information content (AvgIpc) is 2.72. The fourth-order valence-electron chi connectivity index (χ4n) is 2.64. The van der Waals surface area contributed by atoms with E-state index in [1.54, 1.807) is 6.92 Å². The molecule has 2 rings (SSSR count). The van der Waals surface area contributed by atoms with Crippen LogP contribution in [0.25, 0.3) is 0 Å². The van der Waals surface area contributed by atoms with E-state index in [-0.39, 0.29) is 12.2 Å². The van der Waals surface area contributed by atoms with Crippen LogP contribution in [0, 0.1) is 5.82 Å². The first kappa shape index (κ1) is 26.1. The molecule has 1 amide bonds. The number of benzene rings is 2. The number of hydrogen-bond donors (Lipinski definition) is 3. The first-order valence-electron chi connectivity index (χ1n) is 9.41. The predicted octanol–water partition coefficient (Wildman–Crippen LogP) is 2.69. The number of anilines is 1. The maximum atomic E-state index is 13.4. The Morgan fingerprint density at radius 3 is 2.24 bits per heavy atom. The van der Waals surface area contributed by atoms with Gasteiger partial charge in [0.05, 0.1) is 23.2 Å². The van der Waals surface area contributed by atoms with Gasteiger partial charge >= 0.3 is 12.1 Å².